The maximum Gasteiger partial charge on any atom is 0.266 e. The molecule has 0 fully saturated rings. The zero-order valence-electron chi connectivity index (χ0n) is 11.0. The van der Waals surface area contributed by atoms with Crippen LogP contribution < -0.4 is 9.84 Å². The van der Waals surface area contributed by atoms with Crippen molar-refractivity contribution in [3.63, 3.8) is 0 Å². The van der Waals surface area contributed by atoms with Crippen LogP contribution in [-0.2, 0) is 0 Å². The van der Waals surface area contributed by atoms with E-state index in [2.05, 4.69) is 4.99 Å². The molecule has 1 N–H and O–H groups in total. The Labute approximate surface area is 119 Å². The predicted octanol–water partition coefficient (Wildman–Crippen LogP) is 2.13. The molecule has 0 bridgehead atoms. The summed E-state index contributed by atoms with van der Waals surface area (Å²) in [5, 5.41) is 31.9. The van der Waals surface area contributed by atoms with Crippen LogP contribution in [-0.4, -0.2) is 23.4 Å². The van der Waals surface area contributed by atoms with Gasteiger partial charge in [0, 0.05) is 6.21 Å². The van der Waals surface area contributed by atoms with Crippen molar-refractivity contribution in [3.8, 4) is 17.2 Å². The van der Waals surface area contributed by atoms with Gasteiger partial charge in [-0.3, -0.25) is 15.1 Å². The lowest BCUT2D eigenvalue weighted by molar-refractivity contribution is -0.398. The van der Waals surface area contributed by atoms with E-state index in [1.54, 1.807) is 12.1 Å². The highest BCUT2D eigenvalue weighted by atomic mass is 16.6. The Balaban J connectivity index is 2.41. The van der Waals surface area contributed by atoms with Crippen LogP contribution in [0.1, 0.15) is 5.56 Å². The van der Waals surface area contributed by atoms with Gasteiger partial charge in [-0.2, -0.15) is 0 Å². The van der Waals surface area contributed by atoms with Crippen molar-refractivity contribution in [3.05, 3.63) is 52.1 Å². The number of ether oxygens (including phenoxy) is 1. The van der Waals surface area contributed by atoms with Gasteiger partial charge in [-0.25, -0.2) is 0 Å². The molecule has 21 heavy (non-hydrogen) atoms. The van der Waals surface area contributed by atoms with E-state index in [0.717, 1.165) is 6.07 Å². The average molecular weight is 287 g/mol. The highest BCUT2D eigenvalue weighted by Crippen LogP contribution is 2.31. The summed E-state index contributed by atoms with van der Waals surface area (Å²) in [5.74, 6) is -0.438. The molecular formula is C14H11N2O5-. The zero-order chi connectivity index (χ0) is 15.4. The van der Waals surface area contributed by atoms with Crippen LogP contribution in [0.15, 0.2) is 41.4 Å². The lowest BCUT2D eigenvalue weighted by atomic mass is 10.1. The Morgan fingerprint density at radius 1 is 1.29 bits per heavy atom. The van der Waals surface area contributed by atoms with Crippen LogP contribution in [0.25, 0.3) is 0 Å². The fourth-order valence-electron chi connectivity index (χ4n) is 1.64. The molecule has 7 nitrogen and oxygen atoms in total. The highest BCUT2D eigenvalue weighted by molar-refractivity contribution is 5.88. The van der Waals surface area contributed by atoms with Crippen LogP contribution in [0.5, 0.6) is 17.2 Å². The summed E-state index contributed by atoms with van der Waals surface area (Å²) in [6.45, 7) is 0. The molecule has 2 aromatic carbocycles. The third kappa shape index (κ3) is 3.27. The van der Waals surface area contributed by atoms with Crippen molar-refractivity contribution in [2.24, 2.45) is 4.99 Å². The van der Waals surface area contributed by atoms with Crippen LogP contribution in [0.3, 0.4) is 0 Å². The molecule has 0 amide bonds. The van der Waals surface area contributed by atoms with Gasteiger partial charge < -0.3 is 14.9 Å². The third-order valence-corrected chi connectivity index (χ3v) is 2.71. The maximum absolute atomic E-state index is 11.9. The lowest BCUT2D eigenvalue weighted by Crippen LogP contribution is -2.03. The van der Waals surface area contributed by atoms with Crippen LogP contribution in [0, 0.1) is 10.1 Å². The van der Waals surface area contributed by atoms with Crippen LogP contribution >= 0.6 is 0 Å². The molecule has 0 saturated heterocycles. The number of methoxy groups -OCH3 is 1. The first-order chi connectivity index (χ1) is 10.0. The molecule has 0 aromatic heterocycles. The number of rotatable bonds is 4. The normalized spacial score (nSPS) is 10.7. The van der Waals surface area contributed by atoms with Gasteiger partial charge in [-0.1, -0.05) is 0 Å². The number of aromatic hydroxyl groups is 1. The molecule has 0 unspecified atom stereocenters. The minimum Gasteiger partial charge on any atom is -0.867 e. The molecule has 0 spiro atoms. The summed E-state index contributed by atoms with van der Waals surface area (Å²) >= 11 is 0. The van der Waals surface area contributed by atoms with Crippen LogP contribution in [0.2, 0.25) is 0 Å². The number of benzene rings is 2. The van der Waals surface area contributed by atoms with E-state index in [1.165, 1.54) is 31.5 Å². The Kier molecular flexibility index (Phi) is 4.03. The molecule has 2 rings (SSSR count). The van der Waals surface area contributed by atoms with Crippen molar-refractivity contribution < 1.29 is 19.9 Å². The summed E-state index contributed by atoms with van der Waals surface area (Å²) in [6, 6.07) is 8.42. The van der Waals surface area contributed by atoms with Gasteiger partial charge in [-0.15, -0.1) is 0 Å². The molecule has 108 valence electrons. The molecule has 0 radical (unpaired) electrons. The molecule has 0 saturated carbocycles. The predicted molar refractivity (Wildman–Crippen MR) is 74.5 cm³/mol. The summed E-state index contributed by atoms with van der Waals surface area (Å²) < 4.78 is 4.93. The first kappa shape index (κ1) is 14.3. The van der Waals surface area contributed by atoms with Gasteiger partial charge in [0.05, 0.1) is 23.8 Å². The number of hydrogen-bond donors (Lipinski definition) is 1. The van der Waals surface area contributed by atoms with E-state index in [0.29, 0.717) is 5.69 Å². The van der Waals surface area contributed by atoms with E-state index >= 15 is 0 Å². The Morgan fingerprint density at radius 3 is 2.52 bits per heavy atom. The van der Waals surface area contributed by atoms with Gasteiger partial charge in [0.15, 0.2) is 0 Å². The molecular weight excluding hydrogens is 276 g/mol. The van der Waals surface area contributed by atoms with Crippen molar-refractivity contribution in [1.29, 1.82) is 0 Å². The van der Waals surface area contributed by atoms with E-state index in [4.69, 9.17) is 9.84 Å². The maximum atomic E-state index is 11.9. The monoisotopic (exact) mass is 287 g/mol. The quantitative estimate of drug-likeness (QED) is 0.526. The summed E-state index contributed by atoms with van der Waals surface area (Å²) in [4.78, 5) is 14.1. The Morgan fingerprint density at radius 2 is 1.95 bits per heavy atom. The molecule has 0 atom stereocenters. The standard InChI is InChI=1S/C14H12N2O5/c1-21-12-6-9(14(18)13(7-12)16(19)20)8-15-10-2-4-11(17)5-3-10/h2-8,17-18H,1H3/p-1. The van der Waals surface area contributed by atoms with Crippen molar-refractivity contribution >= 4 is 17.6 Å². The van der Waals surface area contributed by atoms with Crippen molar-refractivity contribution in [2.75, 3.05) is 7.11 Å². The van der Waals surface area contributed by atoms with Gasteiger partial charge in [0.1, 0.15) is 11.5 Å². The number of phenolic OH excluding ortho intramolecular Hbond substituents is 1. The van der Waals surface area contributed by atoms with Gasteiger partial charge in [0.2, 0.25) is 0 Å². The largest absolute Gasteiger partial charge is 0.867 e. The van der Waals surface area contributed by atoms with Gasteiger partial charge in [0.25, 0.3) is 5.69 Å². The topological polar surface area (TPSA) is 108 Å². The highest BCUT2D eigenvalue weighted by Gasteiger charge is 2.12. The average Bonchev–Trinajstić information content (AvgIpc) is 2.47. The second-order valence-electron chi connectivity index (χ2n) is 4.10. The first-order valence-corrected chi connectivity index (χ1v) is 5.88. The molecule has 0 heterocycles. The fourth-order valence-corrected chi connectivity index (χ4v) is 1.64. The Hall–Kier alpha value is -3.09. The minimum absolute atomic E-state index is 0.0501. The molecule has 0 aliphatic rings. The summed E-state index contributed by atoms with van der Waals surface area (Å²) in [6.07, 6.45) is 1.23. The van der Waals surface area contributed by atoms with E-state index in [9.17, 15) is 15.2 Å². The van der Waals surface area contributed by atoms with E-state index in [-0.39, 0.29) is 17.1 Å². The number of aliphatic imine (C=N–C) groups is 1. The summed E-state index contributed by atoms with van der Waals surface area (Å²) in [7, 11) is 1.35. The fraction of sp³-hybridized carbons (Fsp3) is 0.0714. The van der Waals surface area contributed by atoms with E-state index < -0.39 is 16.4 Å². The molecule has 0 aliphatic carbocycles. The van der Waals surface area contributed by atoms with Crippen molar-refractivity contribution in [2.45, 2.75) is 0 Å². The number of nitrogens with zero attached hydrogens (tertiary/aromatic N) is 2. The number of phenols is 1. The lowest BCUT2D eigenvalue weighted by Gasteiger charge is -2.12. The Bertz CT molecular complexity index is 695. The smallest absolute Gasteiger partial charge is 0.266 e. The van der Waals surface area contributed by atoms with E-state index in [1.807, 2.05) is 0 Å². The molecule has 7 heteroatoms. The van der Waals surface area contributed by atoms with Crippen LogP contribution in [0.4, 0.5) is 11.4 Å². The third-order valence-electron chi connectivity index (χ3n) is 2.71. The zero-order valence-corrected chi connectivity index (χ0v) is 11.0. The SMILES string of the molecule is COc1cc(C=Nc2ccc(O)cc2)c([O-])c([N+](=O)[O-])c1. The van der Waals surface area contributed by atoms with Gasteiger partial charge >= 0.3 is 0 Å². The van der Waals surface area contributed by atoms with Gasteiger partial charge in [-0.05, 0) is 41.6 Å². The first-order valence-electron chi connectivity index (χ1n) is 5.88. The van der Waals surface area contributed by atoms with Crippen molar-refractivity contribution in [1.82, 2.24) is 0 Å². The number of nitro groups is 1. The second kappa shape index (κ2) is 5.91. The molecule has 0 aliphatic heterocycles. The molecule has 2 aromatic rings. The second-order valence-corrected chi connectivity index (χ2v) is 4.10. The summed E-state index contributed by atoms with van der Waals surface area (Å²) in [5.41, 5.74) is -0.0201. The minimum atomic E-state index is -0.761. The number of nitro benzene ring substituents is 1. The number of hydrogen-bond acceptors (Lipinski definition) is 6.